The maximum absolute atomic E-state index is 12.0. The molecule has 0 saturated heterocycles. The molecule has 3 nitrogen and oxygen atoms in total. The van der Waals surface area contributed by atoms with E-state index >= 15 is 0 Å². The van der Waals surface area contributed by atoms with Gasteiger partial charge in [-0.3, -0.25) is 4.79 Å². The molecule has 17 heavy (non-hydrogen) atoms. The predicted molar refractivity (Wildman–Crippen MR) is 71.7 cm³/mol. The first-order valence-electron chi connectivity index (χ1n) is 5.43. The Kier molecular flexibility index (Phi) is 4.80. The first kappa shape index (κ1) is 14.3. The highest BCUT2D eigenvalue weighted by Gasteiger charge is 2.51. The van der Waals surface area contributed by atoms with Crippen LogP contribution in [0.3, 0.4) is 0 Å². The summed E-state index contributed by atoms with van der Waals surface area (Å²) in [7, 11) is 0. The van der Waals surface area contributed by atoms with Crippen molar-refractivity contribution in [3.63, 3.8) is 0 Å². The Labute approximate surface area is 112 Å². The first-order valence-corrected chi connectivity index (χ1v) is 5.81. The molecule has 1 amide bonds. The fourth-order valence-corrected chi connectivity index (χ4v) is 2.10. The number of carbonyl (C=O) groups excluding carboxylic acids is 1. The average molecular weight is 275 g/mol. The Morgan fingerprint density at radius 1 is 1.47 bits per heavy atom. The number of benzene rings is 1. The van der Waals surface area contributed by atoms with E-state index in [9.17, 15) is 4.79 Å². The summed E-state index contributed by atoms with van der Waals surface area (Å²) in [5.41, 5.74) is 6.03. The summed E-state index contributed by atoms with van der Waals surface area (Å²) >= 11 is 5.94. The average Bonchev–Trinajstić information content (AvgIpc) is 3.07. The van der Waals surface area contributed by atoms with E-state index in [1.54, 1.807) is 0 Å². The lowest BCUT2D eigenvalue weighted by Crippen LogP contribution is -2.37. The van der Waals surface area contributed by atoms with Gasteiger partial charge < -0.3 is 11.1 Å². The largest absolute Gasteiger partial charge is 0.354 e. The molecule has 94 valence electrons. The lowest BCUT2D eigenvalue weighted by atomic mass is 9.95. The van der Waals surface area contributed by atoms with Gasteiger partial charge in [0.25, 0.3) is 0 Å². The molecule has 3 N–H and O–H groups in total. The molecule has 1 aromatic rings. The summed E-state index contributed by atoms with van der Waals surface area (Å²) in [4.78, 5) is 12.0. The third-order valence-electron chi connectivity index (χ3n) is 2.99. The third kappa shape index (κ3) is 2.92. The van der Waals surface area contributed by atoms with E-state index in [-0.39, 0.29) is 23.7 Å². The molecular weight excluding hydrogens is 259 g/mol. The van der Waals surface area contributed by atoms with Crippen molar-refractivity contribution in [2.45, 2.75) is 18.3 Å². The minimum Gasteiger partial charge on any atom is -0.354 e. The number of nitrogens with two attached hydrogens (primary N) is 1. The molecule has 0 bridgehead atoms. The first-order chi connectivity index (χ1) is 7.69. The molecule has 1 aliphatic carbocycles. The fraction of sp³-hybridized carbons (Fsp3) is 0.417. The van der Waals surface area contributed by atoms with Gasteiger partial charge in [0.1, 0.15) is 0 Å². The number of hydrogen-bond acceptors (Lipinski definition) is 2. The molecule has 0 spiro atoms. The normalized spacial score (nSPS) is 15.9. The Morgan fingerprint density at radius 3 is 2.71 bits per heavy atom. The van der Waals surface area contributed by atoms with Crippen LogP contribution < -0.4 is 11.1 Å². The molecule has 1 saturated carbocycles. The van der Waals surface area contributed by atoms with Crippen molar-refractivity contribution in [3.8, 4) is 0 Å². The Bertz CT molecular complexity index is 405. The second-order valence-electron chi connectivity index (χ2n) is 4.14. The highest BCUT2D eigenvalue weighted by molar-refractivity contribution is 6.30. The molecule has 5 heteroatoms. The molecule has 1 aliphatic rings. The number of carbonyl (C=O) groups is 1. The van der Waals surface area contributed by atoms with Crippen molar-refractivity contribution >= 4 is 29.9 Å². The summed E-state index contributed by atoms with van der Waals surface area (Å²) < 4.78 is 0. The van der Waals surface area contributed by atoms with E-state index < -0.39 is 0 Å². The molecule has 0 atom stereocenters. The highest BCUT2D eigenvalue weighted by Crippen LogP contribution is 2.48. The number of amides is 1. The fourth-order valence-electron chi connectivity index (χ4n) is 1.91. The standard InChI is InChI=1S/C12H15ClN2O.ClH/c13-10-3-1-2-9(8-10)12(4-5-12)11(16)15-7-6-14;/h1-3,8H,4-7,14H2,(H,15,16);1H. The zero-order chi connectivity index (χ0) is 11.6. The summed E-state index contributed by atoms with van der Waals surface area (Å²) in [5.74, 6) is 0.0696. The van der Waals surface area contributed by atoms with Crippen LogP contribution in [0.15, 0.2) is 24.3 Å². The van der Waals surface area contributed by atoms with E-state index in [0.717, 1.165) is 18.4 Å². The van der Waals surface area contributed by atoms with E-state index in [0.29, 0.717) is 18.1 Å². The van der Waals surface area contributed by atoms with Gasteiger partial charge in [0, 0.05) is 18.1 Å². The third-order valence-corrected chi connectivity index (χ3v) is 3.23. The van der Waals surface area contributed by atoms with Crippen LogP contribution in [0.1, 0.15) is 18.4 Å². The summed E-state index contributed by atoms with van der Waals surface area (Å²) in [5, 5.41) is 3.52. The van der Waals surface area contributed by atoms with E-state index in [1.165, 1.54) is 0 Å². The Morgan fingerprint density at radius 2 is 2.18 bits per heavy atom. The molecule has 1 aromatic carbocycles. The Hall–Kier alpha value is -0.770. The number of hydrogen-bond donors (Lipinski definition) is 2. The molecule has 0 radical (unpaired) electrons. The van der Waals surface area contributed by atoms with Gasteiger partial charge in [0.15, 0.2) is 0 Å². The van der Waals surface area contributed by atoms with Crippen LogP contribution in [0, 0.1) is 0 Å². The second-order valence-corrected chi connectivity index (χ2v) is 4.57. The van der Waals surface area contributed by atoms with Crippen LogP contribution in [0.4, 0.5) is 0 Å². The topological polar surface area (TPSA) is 55.1 Å². The van der Waals surface area contributed by atoms with Gasteiger partial charge in [-0.2, -0.15) is 0 Å². The van der Waals surface area contributed by atoms with Crippen LogP contribution in [-0.4, -0.2) is 19.0 Å². The smallest absolute Gasteiger partial charge is 0.230 e. The predicted octanol–water partition coefficient (Wildman–Crippen LogP) is 1.87. The van der Waals surface area contributed by atoms with Crippen molar-refractivity contribution < 1.29 is 4.79 Å². The van der Waals surface area contributed by atoms with Crippen molar-refractivity contribution in [2.75, 3.05) is 13.1 Å². The SMILES string of the molecule is Cl.NCCNC(=O)C1(c2cccc(Cl)c2)CC1. The molecule has 1 fully saturated rings. The maximum atomic E-state index is 12.0. The highest BCUT2D eigenvalue weighted by atomic mass is 35.5. The Balaban J connectivity index is 0.00000144. The molecular formula is C12H16Cl2N2O. The van der Waals surface area contributed by atoms with Crippen LogP contribution in [0.25, 0.3) is 0 Å². The van der Waals surface area contributed by atoms with Crippen molar-refractivity contribution in [2.24, 2.45) is 5.73 Å². The van der Waals surface area contributed by atoms with Gasteiger partial charge in [0.05, 0.1) is 5.41 Å². The van der Waals surface area contributed by atoms with Crippen molar-refractivity contribution in [3.05, 3.63) is 34.9 Å². The maximum Gasteiger partial charge on any atom is 0.230 e. The van der Waals surface area contributed by atoms with E-state index in [1.807, 2.05) is 24.3 Å². The zero-order valence-electron chi connectivity index (χ0n) is 9.41. The van der Waals surface area contributed by atoms with Crippen LogP contribution in [0.2, 0.25) is 5.02 Å². The zero-order valence-corrected chi connectivity index (χ0v) is 11.0. The van der Waals surface area contributed by atoms with Crippen LogP contribution in [0.5, 0.6) is 0 Å². The van der Waals surface area contributed by atoms with Gasteiger partial charge in [-0.05, 0) is 30.5 Å². The lowest BCUT2D eigenvalue weighted by Gasteiger charge is -2.15. The van der Waals surface area contributed by atoms with Crippen LogP contribution in [-0.2, 0) is 10.2 Å². The minimum atomic E-state index is -0.347. The van der Waals surface area contributed by atoms with Gasteiger partial charge in [0.2, 0.25) is 5.91 Å². The summed E-state index contributed by atoms with van der Waals surface area (Å²) in [6.45, 7) is 0.999. The van der Waals surface area contributed by atoms with E-state index in [2.05, 4.69) is 5.32 Å². The minimum absolute atomic E-state index is 0. The van der Waals surface area contributed by atoms with Gasteiger partial charge in [-0.25, -0.2) is 0 Å². The molecule has 2 rings (SSSR count). The van der Waals surface area contributed by atoms with Gasteiger partial charge >= 0.3 is 0 Å². The van der Waals surface area contributed by atoms with Crippen molar-refractivity contribution in [1.29, 1.82) is 0 Å². The number of nitrogens with one attached hydrogen (secondary N) is 1. The quantitative estimate of drug-likeness (QED) is 0.881. The molecule has 0 unspecified atom stereocenters. The van der Waals surface area contributed by atoms with Crippen LogP contribution >= 0.6 is 24.0 Å². The van der Waals surface area contributed by atoms with Gasteiger partial charge in [-0.1, -0.05) is 23.7 Å². The second kappa shape index (κ2) is 5.71. The molecule has 0 heterocycles. The summed E-state index contributed by atoms with van der Waals surface area (Å²) in [6.07, 6.45) is 1.79. The molecule has 0 aromatic heterocycles. The number of rotatable bonds is 4. The summed E-state index contributed by atoms with van der Waals surface area (Å²) in [6, 6.07) is 7.53. The van der Waals surface area contributed by atoms with Gasteiger partial charge in [-0.15, -0.1) is 12.4 Å². The monoisotopic (exact) mass is 274 g/mol. The number of halogens is 2. The van der Waals surface area contributed by atoms with E-state index in [4.69, 9.17) is 17.3 Å². The molecule has 0 aliphatic heterocycles. The van der Waals surface area contributed by atoms with Crippen molar-refractivity contribution in [1.82, 2.24) is 5.32 Å². The lowest BCUT2D eigenvalue weighted by molar-refractivity contribution is -0.123.